The van der Waals surface area contributed by atoms with Crippen molar-refractivity contribution in [1.82, 2.24) is 0 Å². The van der Waals surface area contributed by atoms with E-state index in [1.165, 1.54) is 0 Å². The first kappa shape index (κ1) is 37.3. The molecule has 0 saturated carbocycles. The normalized spacial score (nSPS) is 43.0. The zero-order valence-electron chi connectivity index (χ0n) is 27.3. The Morgan fingerprint density at radius 1 is 0.636 bits per heavy atom. The highest BCUT2D eigenvalue weighted by atomic mass is 16.7. The van der Waals surface area contributed by atoms with Crippen LogP contribution in [-0.2, 0) is 37.9 Å². The van der Waals surface area contributed by atoms with Gasteiger partial charge in [0.05, 0.1) is 76.8 Å². The van der Waals surface area contributed by atoms with Gasteiger partial charge in [-0.2, -0.15) is 0 Å². The van der Waals surface area contributed by atoms with Crippen molar-refractivity contribution in [2.45, 2.75) is 110 Å². The zero-order chi connectivity index (χ0) is 32.4. The standard InChI is InChI=1S/C30H55N3O11/c1-16-18(3)29(44-28-24(15-35)40-21(6)20(5)25(28)36)41-22(7)26(16)43-30-19(4)17(2)27(23(14-34)42-30)39-13-12-38-11-10-37-9-8-32-33-31/h16-30,34-36H,8-15H2,1-7H3/t16-,17-,18-,19-,20+,21?,22-,23-,24-,25-,26+,27+,28-,29+,30-/m1/s1. The summed E-state index contributed by atoms with van der Waals surface area (Å²) in [6.07, 6.45) is -5.07. The molecule has 15 atom stereocenters. The first-order valence-corrected chi connectivity index (χ1v) is 16.0. The lowest BCUT2D eigenvalue weighted by molar-refractivity contribution is -0.345. The summed E-state index contributed by atoms with van der Waals surface area (Å²) in [6, 6.07) is 0. The van der Waals surface area contributed by atoms with Crippen molar-refractivity contribution in [3.8, 4) is 0 Å². The van der Waals surface area contributed by atoms with Crippen molar-refractivity contribution in [3.63, 3.8) is 0 Å². The molecule has 3 aliphatic rings. The first-order chi connectivity index (χ1) is 21.0. The first-order valence-electron chi connectivity index (χ1n) is 16.0. The molecule has 0 spiro atoms. The van der Waals surface area contributed by atoms with Gasteiger partial charge in [0.15, 0.2) is 12.6 Å². The Hall–Kier alpha value is -1.13. The molecule has 3 N–H and O–H groups in total. The van der Waals surface area contributed by atoms with Gasteiger partial charge in [0.2, 0.25) is 0 Å². The third kappa shape index (κ3) is 9.46. The minimum Gasteiger partial charge on any atom is -0.394 e. The van der Waals surface area contributed by atoms with Crippen LogP contribution in [0.2, 0.25) is 0 Å². The van der Waals surface area contributed by atoms with Crippen LogP contribution >= 0.6 is 0 Å². The summed E-state index contributed by atoms with van der Waals surface area (Å²) in [5.41, 5.74) is 8.26. The third-order valence-electron chi connectivity index (χ3n) is 9.66. The fraction of sp³-hybridized carbons (Fsp3) is 1.00. The maximum Gasteiger partial charge on any atom is 0.161 e. The maximum atomic E-state index is 10.9. The van der Waals surface area contributed by atoms with Gasteiger partial charge in [0.25, 0.3) is 0 Å². The number of azide groups is 1. The second kappa shape index (κ2) is 18.3. The highest BCUT2D eigenvalue weighted by Crippen LogP contribution is 2.40. The van der Waals surface area contributed by atoms with Crippen LogP contribution in [0.3, 0.4) is 0 Å². The van der Waals surface area contributed by atoms with Gasteiger partial charge >= 0.3 is 0 Å². The summed E-state index contributed by atoms with van der Waals surface area (Å²) in [6.45, 7) is 15.6. The van der Waals surface area contributed by atoms with Crippen molar-refractivity contribution < 1.29 is 53.2 Å². The average molecular weight is 634 g/mol. The molecule has 14 heteroatoms. The second-order valence-electron chi connectivity index (χ2n) is 12.5. The van der Waals surface area contributed by atoms with E-state index in [9.17, 15) is 15.3 Å². The van der Waals surface area contributed by atoms with Crippen molar-refractivity contribution in [2.75, 3.05) is 52.8 Å². The van der Waals surface area contributed by atoms with E-state index < -0.39 is 37.0 Å². The Morgan fingerprint density at radius 2 is 1.18 bits per heavy atom. The van der Waals surface area contributed by atoms with E-state index in [1.807, 2.05) is 27.7 Å². The Kier molecular flexibility index (Phi) is 15.5. The summed E-state index contributed by atoms with van der Waals surface area (Å²) in [7, 11) is 0. The van der Waals surface area contributed by atoms with Crippen LogP contribution in [0.25, 0.3) is 10.4 Å². The number of rotatable bonds is 16. The minimum atomic E-state index is -0.795. The Labute approximate surface area is 261 Å². The molecule has 0 bridgehead atoms. The predicted molar refractivity (Wildman–Crippen MR) is 158 cm³/mol. The summed E-state index contributed by atoms with van der Waals surface area (Å²) in [5, 5.41) is 34.4. The van der Waals surface area contributed by atoms with Crippen molar-refractivity contribution in [1.29, 1.82) is 0 Å². The van der Waals surface area contributed by atoms with E-state index >= 15 is 0 Å². The van der Waals surface area contributed by atoms with Crippen LogP contribution in [0.1, 0.15) is 48.5 Å². The molecule has 256 valence electrons. The molecule has 14 nitrogen and oxygen atoms in total. The number of nitrogens with zero attached hydrogens (tertiary/aromatic N) is 3. The molecule has 0 aromatic carbocycles. The van der Waals surface area contributed by atoms with E-state index in [-0.39, 0.29) is 73.8 Å². The molecule has 3 saturated heterocycles. The third-order valence-corrected chi connectivity index (χ3v) is 9.66. The van der Waals surface area contributed by atoms with E-state index in [1.54, 1.807) is 0 Å². The molecule has 3 rings (SSSR count). The number of ether oxygens (including phenoxy) is 8. The largest absolute Gasteiger partial charge is 0.394 e. The lowest BCUT2D eigenvalue weighted by atomic mass is 9.82. The fourth-order valence-electron chi connectivity index (χ4n) is 6.21. The van der Waals surface area contributed by atoms with Crippen LogP contribution in [0, 0.1) is 29.6 Å². The number of hydrogen-bond donors (Lipinski definition) is 3. The summed E-state index contributed by atoms with van der Waals surface area (Å²) >= 11 is 0. The molecule has 0 aromatic heterocycles. The quantitative estimate of drug-likeness (QED) is 0.0981. The summed E-state index contributed by atoms with van der Waals surface area (Å²) in [4.78, 5) is 2.67. The van der Waals surface area contributed by atoms with Crippen LogP contribution in [-0.4, -0.2) is 130 Å². The molecular weight excluding hydrogens is 578 g/mol. The smallest absolute Gasteiger partial charge is 0.161 e. The lowest BCUT2D eigenvalue weighted by Gasteiger charge is -2.50. The monoisotopic (exact) mass is 633 g/mol. The number of aliphatic hydroxyl groups excluding tert-OH is 3. The van der Waals surface area contributed by atoms with Crippen LogP contribution in [0.15, 0.2) is 5.11 Å². The molecule has 1 unspecified atom stereocenters. The van der Waals surface area contributed by atoms with E-state index in [0.29, 0.717) is 33.0 Å². The van der Waals surface area contributed by atoms with Crippen LogP contribution < -0.4 is 0 Å². The SMILES string of the molecule is CC1O[C@H](CO)[C@@H](O[C@@H]2O[C@H](C)[C@@H](O[C@H]3O[C@H](CO)[C@@H](OCCOCCOCCN=[N+]=[N-])[C@H](C)[C@H]3C)[C@H](C)[C@H]2C)[C@H](O)[C@H]1C. The summed E-state index contributed by atoms with van der Waals surface area (Å²) < 4.78 is 48.4. The molecule has 3 fully saturated rings. The lowest BCUT2D eigenvalue weighted by Crippen LogP contribution is -2.60. The van der Waals surface area contributed by atoms with Gasteiger partial charge in [-0.05, 0) is 31.2 Å². The van der Waals surface area contributed by atoms with E-state index in [4.69, 9.17) is 43.4 Å². The van der Waals surface area contributed by atoms with Gasteiger partial charge in [-0.1, -0.05) is 39.7 Å². The Balaban J connectivity index is 1.50. The van der Waals surface area contributed by atoms with Gasteiger partial charge in [0.1, 0.15) is 18.3 Å². The molecule has 0 aromatic rings. The van der Waals surface area contributed by atoms with Crippen molar-refractivity contribution in [3.05, 3.63) is 10.4 Å². The van der Waals surface area contributed by atoms with Gasteiger partial charge in [-0.25, -0.2) is 0 Å². The second-order valence-corrected chi connectivity index (χ2v) is 12.5. The average Bonchev–Trinajstić information content (AvgIpc) is 3.01. The molecule has 0 radical (unpaired) electrons. The van der Waals surface area contributed by atoms with Gasteiger partial charge < -0.3 is 53.2 Å². The predicted octanol–water partition coefficient (Wildman–Crippen LogP) is 2.27. The molecule has 3 aliphatic heterocycles. The van der Waals surface area contributed by atoms with Gasteiger partial charge in [0, 0.05) is 29.2 Å². The molecule has 0 amide bonds. The number of hydrogen-bond acceptors (Lipinski definition) is 12. The Morgan fingerprint density at radius 3 is 1.82 bits per heavy atom. The minimum absolute atomic E-state index is 0.0159. The van der Waals surface area contributed by atoms with E-state index in [2.05, 4.69) is 30.8 Å². The van der Waals surface area contributed by atoms with Gasteiger partial charge in [-0.3, -0.25) is 0 Å². The van der Waals surface area contributed by atoms with Crippen LogP contribution in [0.5, 0.6) is 0 Å². The molecule has 44 heavy (non-hydrogen) atoms. The zero-order valence-corrected chi connectivity index (χ0v) is 27.3. The molecule has 0 aliphatic carbocycles. The number of aliphatic hydroxyl groups is 3. The van der Waals surface area contributed by atoms with Crippen molar-refractivity contribution >= 4 is 0 Å². The fourth-order valence-corrected chi connectivity index (χ4v) is 6.21. The molecular formula is C30H55N3O11. The highest BCUT2D eigenvalue weighted by Gasteiger charge is 2.49. The maximum absolute atomic E-state index is 10.9. The Bertz CT molecular complexity index is 879. The highest BCUT2D eigenvalue weighted by molar-refractivity contribution is 4.93. The van der Waals surface area contributed by atoms with Gasteiger partial charge in [-0.15, -0.1) is 0 Å². The summed E-state index contributed by atoms with van der Waals surface area (Å²) in [5.74, 6) is -0.218. The van der Waals surface area contributed by atoms with Crippen molar-refractivity contribution in [2.24, 2.45) is 34.7 Å². The van der Waals surface area contributed by atoms with E-state index in [0.717, 1.165) is 0 Å². The molecule has 3 heterocycles. The topological polar surface area (TPSA) is 183 Å². The van der Waals surface area contributed by atoms with Crippen LogP contribution in [0.4, 0.5) is 0 Å².